The first-order valence-corrected chi connectivity index (χ1v) is 6.71. The SMILES string of the molecule is Cc1ccc(C)c(C(C)NC(=O)c2ccc(F)cc2F)c1. The van der Waals surface area contributed by atoms with E-state index in [1.54, 1.807) is 0 Å². The number of aryl methyl sites for hydroxylation is 2. The summed E-state index contributed by atoms with van der Waals surface area (Å²) >= 11 is 0. The summed E-state index contributed by atoms with van der Waals surface area (Å²) in [7, 11) is 0. The number of hydrogen-bond acceptors (Lipinski definition) is 1. The Labute approximate surface area is 122 Å². The molecule has 0 saturated heterocycles. The van der Waals surface area contributed by atoms with Gasteiger partial charge in [0.05, 0.1) is 11.6 Å². The van der Waals surface area contributed by atoms with Crippen molar-refractivity contribution in [2.24, 2.45) is 0 Å². The van der Waals surface area contributed by atoms with Gasteiger partial charge in [0.25, 0.3) is 5.91 Å². The third-order valence-corrected chi connectivity index (χ3v) is 3.42. The standard InChI is InChI=1S/C17H17F2NO/c1-10-4-5-11(2)15(8-10)12(3)20-17(21)14-7-6-13(18)9-16(14)19/h4-9,12H,1-3H3,(H,20,21). The fourth-order valence-corrected chi connectivity index (χ4v) is 2.25. The molecule has 4 heteroatoms. The Balaban J connectivity index is 2.20. The molecular formula is C17H17F2NO. The second-order valence-corrected chi connectivity index (χ2v) is 5.18. The van der Waals surface area contributed by atoms with Crippen molar-refractivity contribution in [3.8, 4) is 0 Å². The molecule has 110 valence electrons. The van der Waals surface area contributed by atoms with Crippen LogP contribution in [0.5, 0.6) is 0 Å². The van der Waals surface area contributed by atoms with E-state index in [4.69, 9.17) is 0 Å². The van der Waals surface area contributed by atoms with Crippen molar-refractivity contribution >= 4 is 5.91 Å². The Morgan fingerprint density at radius 2 is 1.81 bits per heavy atom. The van der Waals surface area contributed by atoms with Crippen molar-refractivity contribution in [1.82, 2.24) is 5.32 Å². The summed E-state index contributed by atoms with van der Waals surface area (Å²) in [5.74, 6) is -2.12. The monoisotopic (exact) mass is 289 g/mol. The number of carbonyl (C=O) groups is 1. The molecule has 1 unspecified atom stereocenters. The number of amides is 1. The largest absolute Gasteiger partial charge is 0.345 e. The van der Waals surface area contributed by atoms with Gasteiger partial charge < -0.3 is 5.32 Å². The summed E-state index contributed by atoms with van der Waals surface area (Å²) in [6.07, 6.45) is 0. The molecule has 0 aliphatic rings. The lowest BCUT2D eigenvalue weighted by molar-refractivity contribution is 0.0935. The third kappa shape index (κ3) is 3.45. The highest BCUT2D eigenvalue weighted by atomic mass is 19.1. The minimum atomic E-state index is -0.860. The molecule has 2 nitrogen and oxygen atoms in total. The van der Waals surface area contributed by atoms with Crippen LogP contribution in [0.15, 0.2) is 36.4 Å². The average molecular weight is 289 g/mol. The summed E-state index contributed by atoms with van der Waals surface area (Å²) in [5.41, 5.74) is 2.96. The Morgan fingerprint density at radius 3 is 2.48 bits per heavy atom. The van der Waals surface area contributed by atoms with Crippen LogP contribution >= 0.6 is 0 Å². The second kappa shape index (κ2) is 6.04. The number of halogens is 2. The molecule has 1 atom stereocenters. The van der Waals surface area contributed by atoms with E-state index in [1.807, 2.05) is 39.0 Å². The van der Waals surface area contributed by atoms with Gasteiger partial charge in [-0.25, -0.2) is 8.78 Å². The van der Waals surface area contributed by atoms with Crippen LogP contribution in [0.25, 0.3) is 0 Å². The Hall–Kier alpha value is -2.23. The van der Waals surface area contributed by atoms with E-state index in [-0.39, 0.29) is 11.6 Å². The molecule has 0 radical (unpaired) electrons. The molecular weight excluding hydrogens is 272 g/mol. The first-order valence-electron chi connectivity index (χ1n) is 6.71. The number of benzene rings is 2. The third-order valence-electron chi connectivity index (χ3n) is 3.42. The summed E-state index contributed by atoms with van der Waals surface area (Å²) in [6.45, 7) is 5.76. The zero-order valence-electron chi connectivity index (χ0n) is 12.2. The topological polar surface area (TPSA) is 29.1 Å². The molecule has 1 amide bonds. The van der Waals surface area contributed by atoms with Crippen molar-refractivity contribution in [3.05, 3.63) is 70.3 Å². The lowest BCUT2D eigenvalue weighted by Crippen LogP contribution is -2.28. The molecule has 0 spiro atoms. The molecule has 0 aliphatic heterocycles. The van der Waals surface area contributed by atoms with Crippen LogP contribution in [0, 0.1) is 25.5 Å². The Kier molecular flexibility index (Phi) is 4.36. The van der Waals surface area contributed by atoms with Crippen molar-refractivity contribution < 1.29 is 13.6 Å². The van der Waals surface area contributed by atoms with E-state index < -0.39 is 17.5 Å². The van der Waals surface area contributed by atoms with Crippen LogP contribution in [0.4, 0.5) is 8.78 Å². The van der Waals surface area contributed by atoms with Crippen LogP contribution < -0.4 is 5.32 Å². The van der Waals surface area contributed by atoms with E-state index in [2.05, 4.69) is 5.32 Å². The van der Waals surface area contributed by atoms with E-state index in [1.165, 1.54) is 0 Å². The maximum absolute atomic E-state index is 13.6. The molecule has 2 rings (SSSR count). The smallest absolute Gasteiger partial charge is 0.254 e. The molecule has 0 bridgehead atoms. The maximum Gasteiger partial charge on any atom is 0.254 e. The molecule has 0 heterocycles. The van der Waals surface area contributed by atoms with Gasteiger partial charge in [-0.15, -0.1) is 0 Å². The highest BCUT2D eigenvalue weighted by molar-refractivity contribution is 5.94. The summed E-state index contributed by atoms with van der Waals surface area (Å²) in [4.78, 5) is 12.1. The van der Waals surface area contributed by atoms with Crippen LogP contribution in [0.1, 0.15) is 40.0 Å². The second-order valence-electron chi connectivity index (χ2n) is 5.18. The van der Waals surface area contributed by atoms with Crippen LogP contribution in [-0.2, 0) is 0 Å². The van der Waals surface area contributed by atoms with Crippen molar-refractivity contribution in [3.63, 3.8) is 0 Å². The lowest BCUT2D eigenvalue weighted by atomic mass is 9.99. The van der Waals surface area contributed by atoms with Crippen molar-refractivity contribution in [1.29, 1.82) is 0 Å². The number of rotatable bonds is 3. The number of carbonyl (C=O) groups excluding carboxylic acids is 1. The van der Waals surface area contributed by atoms with Gasteiger partial charge in [0, 0.05) is 6.07 Å². The summed E-state index contributed by atoms with van der Waals surface area (Å²) < 4.78 is 26.5. The summed E-state index contributed by atoms with van der Waals surface area (Å²) in [6, 6.07) is 8.62. The highest BCUT2D eigenvalue weighted by Crippen LogP contribution is 2.20. The molecule has 0 aromatic heterocycles. The van der Waals surface area contributed by atoms with Gasteiger partial charge in [-0.1, -0.05) is 23.8 Å². The zero-order valence-corrected chi connectivity index (χ0v) is 12.2. The van der Waals surface area contributed by atoms with E-state index in [0.29, 0.717) is 6.07 Å². The number of hydrogen-bond donors (Lipinski definition) is 1. The van der Waals surface area contributed by atoms with Crippen LogP contribution in [0.2, 0.25) is 0 Å². The van der Waals surface area contributed by atoms with Gasteiger partial charge >= 0.3 is 0 Å². The van der Waals surface area contributed by atoms with Crippen LogP contribution in [0.3, 0.4) is 0 Å². The molecule has 0 fully saturated rings. The van der Waals surface area contributed by atoms with E-state index in [9.17, 15) is 13.6 Å². The molecule has 2 aromatic rings. The van der Waals surface area contributed by atoms with Crippen molar-refractivity contribution in [2.75, 3.05) is 0 Å². The maximum atomic E-state index is 13.6. The molecule has 0 aliphatic carbocycles. The number of nitrogens with one attached hydrogen (secondary N) is 1. The van der Waals surface area contributed by atoms with Crippen LogP contribution in [-0.4, -0.2) is 5.91 Å². The predicted molar refractivity (Wildman–Crippen MR) is 78.2 cm³/mol. The fourth-order valence-electron chi connectivity index (χ4n) is 2.25. The normalized spacial score (nSPS) is 12.0. The first-order chi connectivity index (χ1) is 9.88. The Morgan fingerprint density at radius 1 is 1.10 bits per heavy atom. The zero-order chi connectivity index (χ0) is 15.6. The first kappa shape index (κ1) is 15.2. The summed E-state index contributed by atoms with van der Waals surface area (Å²) in [5, 5.41) is 2.74. The van der Waals surface area contributed by atoms with Gasteiger partial charge in [0.1, 0.15) is 11.6 Å². The quantitative estimate of drug-likeness (QED) is 0.906. The van der Waals surface area contributed by atoms with E-state index >= 15 is 0 Å². The van der Waals surface area contributed by atoms with Gasteiger partial charge in [-0.05, 0) is 44.0 Å². The van der Waals surface area contributed by atoms with Gasteiger partial charge in [-0.2, -0.15) is 0 Å². The average Bonchev–Trinajstić information content (AvgIpc) is 2.41. The fraction of sp³-hybridized carbons (Fsp3) is 0.235. The minimum Gasteiger partial charge on any atom is -0.345 e. The van der Waals surface area contributed by atoms with Gasteiger partial charge in [0.2, 0.25) is 0 Å². The predicted octanol–water partition coefficient (Wildman–Crippen LogP) is 4.07. The molecule has 1 N–H and O–H groups in total. The Bertz CT molecular complexity index is 682. The lowest BCUT2D eigenvalue weighted by Gasteiger charge is -2.17. The molecule has 2 aromatic carbocycles. The highest BCUT2D eigenvalue weighted by Gasteiger charge is 2.16. The minimum absolute atomic E-state index is 0.159. The van der Waals surface area contributed by atoms with Crippen molar-refractivity contribution in [2.45, 2.75) is 26.8 Å². The van der Waals surface area contributed by atoms with E-state index in [0.717, 1.165) is 28.8 Å². The van der Waals surface area contributed by atoms with Gasteiger partial charge in [-0.3, -0.25) is 4.79 Å². The van der Waals surface area contributed by atoms with Gasteiger partial charge in [0.15, 0.2) is 0 Å². The molecule has 21 heavy (non-hydrogen) atoms. The molecule has 0 saturated carbocycles.